The molecule has 0 N–H and O–H groups in total. The molecule has 0 spiro atoms. The summed E-state index contributed by atoms with van der Waals surface area (Å²) in [5.41, 5.74) is 0. The van der Waals surface area contributed by atoms with Gasteiger partial charge in [-0.05, 0) is 0 Å². The molecular weight excluding hydrogens is 310 g/mol. The van der Waals surface area contributed by atoms with Crippen LogP contribution in [0.25, 0.3) is 0 Å². The molecule has 0 heterocycles. The van der Waals surface area contributed by atoms with Gasteiger partial charge in [-0.2, -0.15) is 0 Å². The van der Waals surface area contributed by atoms with Crippen LogP contribution in [0.15, 0.2) is 0 Å². The van der Waals surface area contributed by atoms with Gasteiger partial charge < -0.3 is 0 Å². The summed E-state index contributed by atoms with van der Waals surface area (Å²) in [7, 11) is 6.40. The molecule has 0 bridgehead atoms. The third-order valence-corrected chi connectivity index (χ3v) is 9.20. The van der Waals surface area contributed by atoms with Crippen molar-refractivity contribution in [1.29, 1.82) is 0 Å². The third kappa shape index (κ3) is 7.09. The molecule has 0 nitrogen and oxygen atoms in total. The molecule has 0 aromatic carbocycles. The maximum atomic E-state index is 6.40. The van der Waals surface area contributed by atoms with Crippen LogP contribution in [0, 0.1) is 0 Å². The van der Waals surface area contributed by atoms with E-state index >= 15 is 0 Å². The molecule has 0 aromatic heterocycles. The van der Waals surface area contributed by atoms with Gasteiger partial charge in [0.05, 0.1) is 0 Å². The van der Waals surface area contributed by atoms with Gasteiger partial charge in [0.2, 0.25) is 0 Å². The molecule has 0 atom stereocenters. The van der Waals surface area contributed by atoms with Gasteiger partial charge >= 0.3 is 111 Å². The molecule has 0 unspecified atom stereocenters. The van der Waals surface area contributed by atoms with Crippen LogP contribution < -0.4 is 0 Å². The molecule has 0 aliphatic rings. The van der Waals surface area contributed by atoms with Crippen LogP contribution in [-0.4, -0.2) is 20.0 Å². The van der Waals surface area contributed by atoms with Crippen molar-refractivity contribution in [2.75, 3.05) is 0 Å². The number of halogens is 1. The van der Waals surface area contributed by atoms with Gasteiger partial charge in [0.1, 0.15) is 0 Å². The molecule has 0 saturated carbocycles. The van der Waals surface area contributed by atoms with Crippen LogP contribution in [0.3, 0.4) is 0 Å². The summed E-state index contributed by atoms with van der Waals surface area (Å²) in [5.74, 6) is 0. The summed E-state index contributed by atoms with van der Waals surface area (Å²) < 4.78 is 0.632. The van der Waals surface area contributed by atoms with E-state index < -0.39 is 20.0 Å². The second kappa shape index (κ2) is 10.3. The zero-order chi connectivity index (χ0) is 11.6. The Labute approximate surface area is 110 Å². The number of hydrogen-bond donors (Lipinski definition) is 0. The van der Waals surface area contributed by atoms with Crippen molar-refractivity contribution in [3.63, 3.8) is 0 Å². The Morgan fingerprint density at radius 2 is 1.13 bits per heavy atom. The molecule has 0 fully saturated rings. The Morgan fingerprint density at radius 3 is 1.33 bits per heavy atom. The molecule has 0 aliphatic carbocycles. The Kier molecular flexibility index (Phi) is 11.0. The van der Waals surface area contributed by atoms with Crippen LogP contribution >= 0.6 is 8.92 Å². The minimum absolute atomic E-state index is 0.632. The standard InChI is InChI=1S/C13H27.ClH.Sn/c1-4-7-10-13(11-8-5-2)12-9-6-3;;/h4-12H2,1-3H3;1H;/q;;+1/p-1. The van der Waals surface area contributed by atoms with Crippen molar-refractivity contribution in [3.05, 3.63) is 0 Å². The summed E-state index contributed by atoms with van der Waals surface area (Å²) in [6.07, 6.45) is 12.4. The van der Waals surface area contributed by atoms with Crippen LogP contribution in [0.2, 0.25) is 3.43 Å². The first-order chi connectivity index (χ1) is 7.24. The predicted molar refractivity (Wildman–Crippen MR) is 72.9 cm³/mol. The fourth-order valence-electron chi connectivity index (χ4n) is 2.06. The van der Waals surface area contributed by atoms with Gasteiger partial charge in [-0.25, -0.2) is 0 Å². The van der Waals surface area contributed by atoms with Gasteiger partial charge in [0.15, 0.2) is 0 Å². The maximum absolute atomic E-state index is 6.40. The quantitative estimate of drug-likeness (QED) is 0.457. The molecule has 2 heteroatoms. The van der Waals surface area contributed by atoms with E-state index in [0.29, 0.717) is 3.43 Å². The monoisotopic (exact) mass is 338 g/mol. The normalized spacial score (nSPS) is 12.0. The van der Waals surface area contributed by atoms with E-state index in [9.17, 15) is 0 Å². The van der Waals surface area contributed by atoms with Crippen LogP contribution in [-0.2, 0) is 0 Å². The van der Waals surface area contributed by atoms with E-state index in [1.165, 1.54) is 57.8 Å². The Hall–Kier alpha value is 1.09. The van der Waals surface area contributed by atoms with Crippen LogP contribution in [0.1, 0.15) is 78.6 Å². The second-order valence-electron chi connectivity index (χ2n) is 4.69. The zero-order valence-electron chi connectivity index (χ0n) is 10.7. The molecule has 0 aromatic rings. The molecule has 0 saturated heterocycles. The third-order valence-electron chi connectivity index (χ3n) is 3.23. The Bertz CT molecular complexity index is 115. The van der Waals surface area contributed by atoms with Crippen molar-refractivity contribution in [2.24, 2.45) is 0 Å². The minimum atomic E-state index is -0.644. The van der Waals surface area contributed by atoms with Crippen molar-refractivity contribution >= 4 is 28.9 Å². The van der Waals surface area contributed by atoms with Gasteiger partial charge in [-0.3, -0.25) is 0 Å². The van der Waals surface area contributed by atoms with Crippen molar-refractivity contribution in [3.8, 4) is 0 Å². The average Bonchev–Trinajstić information content (AvgIpc) is 2.29. The number of unbranched alkanes of at least 4 members (excludes halogenated alkanes) is 3. The van der Waals surface area contributed by atoms with Gasteiger partial charge in [-0.1, -0.05) is 0 Å². The van der Waals surface area contributed by atoms with E-state index in [0.717, 1.165) is 0 Å². The van der Waals surface area contributed by atoms with E-state index in [1.807, 2.05) is 0 Å². The molecule has 0 rings (SSSR count). The Morgan fingerprint density at radius 1 is 0.800 bits per heavy atom. The van der Waals surface area contributed by atoms with Gasteiger partial charge in [0, 0.05) is 0 Å². The van der Waals surface area contributed by atoms with E-state index in [-0.39, 0.29) is 0 Å². The van der Waals surface area contributed by atoms with E-state index in [2.05, 4.69) is 20.8 Å². The molecular formula is C13H27ClSn. The average molecular weight is 338 g/mol. The van der Waals surface area contributed by atoms with Gasteiger partial charge in [-0.15, -0.1) is 0 Å². The van der Waals surface area contributed by atoms with Crippen molar-refractivity contribution in [1.82, 2.24) is 0 Å². The molecule has 90 valence electrons. The molecule has 0 amide bonds. The summed E-state index contributed by atoms with van der Waals surface area (Å²) >= 11 is -0.644. The first kappa shape index (κ1) is 16.1. The summed E-state index contributed by atoms with van der Waals surface area (Å²) in [6, 6.07) is 0. The summed E-state index contributed by atoms with van der Waals surface area (Å²) in [5, 5.41) is 0. The summed E-state index contributed by atoms with van der Waals surface area (Å²) in [6.45, 7) is 6.89. The number of hydrogen-bond acceptors (Lipinski definition) is 0. The SMILES string of the molecule is CCCC[C](CCCC)(CCCC)[Sn][Cl]. The van der Waals surface area contributed by atoms with E-state index in [1.54, 1.807) is 0 Å². The predicted octanol–water partition coefficient (Wildman–Crippen LogP) is 5.57. The molecule has 15 heavy (non-hydrogen) atoms. The van der Waals surface area contributed by atoms with Gasteiger partial charge in [0.25, 0.3) is 0 Å². The number of rotatable bonds is 10. The Balaban J connectivity index is 4.16. The second-order valence-corrected chi connectivity index (χ2v) is 9.52. The van der Waals surface area contributed by atoms with Crippen molar-refractivity contribution in [2.45, 2.75) is 82.0 Å². The molecule has 0 aliphatic heterocycles. The first-order valence-electron chi connectivity index (χ1n) is 6.62. The zero-order valence-corrected chi connectivity index (χ0v) is 14.4. The van der Waals surface area contributed by atoms with Crippen LogP contribution in [0.5, 0.6) is 0 Å². The first-order valence-corrected chi connectivity index (χ1v) is 11.7. The fraction of sp³-hybridized carbons (Fsp3) is 1.00. The van der Waals surface area contributed by atoms with Crippen molar-refractivity contribution < 1.29 is 0 Å². The fourth-order valence-corrected chi connectivity index (χ4v) is 6.29. The summed E-state index contributed by atoms with van der Waals surface area (Å²) in [4.78, 5) is 0. The topological polar surface area (TPSA) is 0 Å². The van der Waals surface area contributed by atoms with Crippen LogP contribution in [0.4, 0.5) is 0 Å². The molecule has 2 radical (unpaired) electrons. The van der Waals surface area contributed by atoms with E-state index in [4.69, 9.17) is 8.92 Å².